The third-order valence-corrected chi connectivity index (χ3v) is 4.83. The third kappa shape index (κ3) is 5.50. The highest BCUT2D eigenvalue weighted by molar-refractivity contribution is 7.89. The first-order valence-electron chi connectivity index (χ1n) is 7.23. The van der Waals surface area contributed by atoms with E-state index in [4.69, 9.17) is 5.11 Å². The molecule has 0 aliphatic rings. The Balaban J connectivity index is 2.96. The summed E-state index contributed by atoms with van der Waals surface area (Å²) in [5, 5.41) is 8.74. The van der Waals surface area contributed by atoms with E-state index in [1.807, 2.05) is 0 Å². The molecule has 116 valence electrons. The van der Waals surface area contributed by atoms with Crippen LogP contribution in [0.15, 0.2) is 29.2 Å². The maximum Gasteiger partial charge on any atom is 0.241 e. The van der Waals surface area contributed by atoms with Crippen LogP contribution in [0.2, 0.25) is 0 Å². The molecular weight excluding hydrogens is 286 g/mol. The molecule has 0 unspecified atom stereocenters. The summed E-state index contributed by atoms with van der Waals surface area (Å²) in [7, 11) is -3.56. The van der Waals surface area contributed by atoms with Crippen molar-refractivity contribution in [2.75, 3.05) is 13.2 Å². The molecule has 0 atom stereocenters. The van der Waals surface area contributed by atoms with Crippen LogP contribution in [0.1, 0.15) is 38.7 Å². The zero-order valence-corrected chi connectivity index (χ0v) is 13.4. The zero-order valence-electron chi connectivity index (χ0n) is 12.6. The summed E-state index contributed by atoms with van der Waals surface area (Å²) in [4.78, 5) is 0.196. The van der Waals surface area contributed by atoms with Crippen LogP contribution in [0.3, 0.4) is 0 Å². The second-order valence-corrected chi connectivity index (χ2v) is 6.54. The van der Waals surface area contributed by atoms with Gasteiger partial charge in [0.05, 0.1) is 11.5 Å². The summed E-state index contributed by atoms with van der Waals surface area (Å²) in [5.41, 5.74) is 0.461. The quantitative estimate of drug-likeness (QED) is 0.758. The first kappa shape index (κ1) is 17.7. The zero-order chi connectivity index (χ0) is 15.7. The van der Waals surface area contributed by atoms with Gasteiger partial charge in [-0.05, 0) is 18.1 Å². The minimum atomic E-state index is -3.56. The van der Waals surface area contributed by atoms with E-state index in [0.29, 0.717) is 24.4 Å². The fourth-order valence-corrected chi connectivity index (χ4v) is 3.18. The van der Waals surface area contributed by atoms with Crippen molar-refractivity contribution < 1.29 is 13.5 Å². The molecule has 1 aromatic carbocycles. The van der Waals surface area contributed by atoms with Gasteiger partial charge in [-0.3, -0.25) is 0 Å². The molecule has 0 bridgehead atoms. The Bertz CT molecular complexity index is 595. The van der Waals surface area contributed by atoms with E-state index in [1.54, 1.807) is 24.3 Å². The van der Waals surface area contributed by atoms with Crippen molar-refractivity contribution in [2.45, 2.75) is 38.0 Å². The van der Waals surface area contributed by atoms with Gasteiger partial charge in [0.15, 0.2) is 0 Å². The Morgan fingerprint density at radius 2 is 1.90 bits per heavy atom. The van der Waals surface area contributed by atoms with E-state index in [9.17, 15) is 8.42 Å². The van der Waals surface area contributed by atoms with Gasteiger partial charge in [0.2, 0.25) is 10.0 Å². The molecule has 0 radical (unpaired) electrons. The van der Waals surface area contributed by atoms with Crippen molar-refractivity contribution >= 4 is 10.0 Å². The Morgan fingerprint density at radius 1 is 1.24 bits per heavy atom. The summed E-state index contributed by atoms with van der Waals surface area (Å²) in [6.07, 6.45) is 2.21. The second kappa shape index (κ2) is 8.83. The van der Waals surface area contributed by atoms with Gasteiger partial charge in [-0.2, -0.15) is 0 Å². The first-order valence-corrected chi connectivity index (χ1v) is 8.71. The highest BCUT2D eigenvalue weighted by Crippen LogP contribution is 2.15. The van der Waals surface area contributed by atoms with Crippen LogP contribution in [0.4, 0.5) is 0 Å². The number of aliphatic hydroxyl groups is 1. The van der Waals surface area contributed by atoms with Gasteiger partial charge in [-0.1, -0.05) is 50.7 Å². The highest BCUT2D eigenvalue weighted by Gasteiger charge is 2.18. The van der Waals surface area contributed by atoms with Crippen LogP contribution < -0.4 is 4.72 Å². The number of rotatable bonds is 7. The lowest BCUT2D eigenvalue weighted by Gasteiger charge is -2.14. The molecule has 0 aliphatic heterocycles. The minimum Gasteiger partial charge on any atom is -0.395 e. The van der Waals surface area contributed by atoms with Gasteiger partial charge in [0, 0.05) is 18.5 Å². The molecular formula is C16H23NO3S. The van der Waals surface area contributed by atoms with Crippen molar-refractivity contribution in [3.63, 3.8) is 0 Å². The summed E-state index contributed by atoms with van der Waals surface area (Å²) >= 11 is 0. The minimum absolute atomic E-state index is 0.0329. The Hall–Kier alpha value is -1.35. The standard InChI is InChI=1S/C16H23NO3S/c1-3-14(4-2)13-17-21(19,20)16-11-6-5-9-15(16)10-7-8-12-18/h5-6,9,11,14,17-18H,3-4,8,12-13H2,1-2H3. The van der Waals surface area contributed by atoms with Crippen LogP contribution in [-0.4, -0.2) is 26.7 Å². The summed E-state index contributed by atoms with van der Waals surface area (Å²) in [6.45, 7) is 4.51. The Kier molecular flexibility index (Phi) is 7.44. The highest BCUT2D eigenvalue weighted by atomic mass is 32.2. The van der Waals surface area contributed by atoms with Crippen LogP contribution in [0.25, 0.3) is 0 Å². The summed E-state index contributed by atoms with van der Waals surface area (Å²) < 4.78 is 27.5. The number of benzene rings is 1. The molecule has 0 aliphatic carbocycles. The van der Waals surface area contributed by atoms with E-state index in [0.717, 1.165) is 12.8 Å². The van der Waals surface area contributed by atoms with Crippen LogP contribution in [0, 0.1) is 17.8 Å². The average Bonchev–Trinajstić information content (AvgIpc) is 2.49. The Labute approximate surface area is 127 Å². The topological polar surface area (TPSA) is 66.4 Å². The molecule has 2 N–H and O–H groups in total. The van der Waals surface area contributed by atoms with Gasteiger partial charge in [0.25, 0.3) is 0 Å². The van der Waals surface area contributed by atoms with Crippen LogP contribution >= 0.6 is 0 Å². The molecule has 0 spiro atoms. The maximum atomic E-state index is 12.4. The predicted molar refractivity (Wildman–Crippen MR) is 84.3 cm³/mol. The van der Waals surface area contributed by atoms with Gasteiger partial charge < -0.3 is 5.11 Å². The second-order valence-electron chi connectivity index (χ2n) is 4.81. The van der Waals surface area contributed by atoms with E-state index in [1.165, 1.54) is 0 Å². The van der Waals surface area contributed by atoms with Crippen LogP contribution in [-0.2, 0) is 10.0 Å². The molecule has 1 aromatic rings. The largest absolute Gasteiger partial charge is 0.395 e. The number of nitrogens with one attached hydrogen (secondary N) is 1. The number of hydrogen-bond donors (Lipinski definition) is 2. The Morgan fingerprint density at radius 3 is 2.52 bits per heavy atom. The first-order chi connectivity index (χ1) is 10.0. The molecule has 4 nitrogen and oxygen atoms in total. The van der Waals surface area contributed by atoms with Crippen molar-refractivity contribution in [1.82, 2.24) is 4.72 Å². The lowest BCUT2D eigenvalue weighted by Crippen LogP contribution is -2.29. The summed E-state index contributed by atoms with van der Waals surface area (Å²) in [6, 6.07) is 6.67. The molecule has 0 aromatic heterocycles. The fourth-order valence-electron chi connectivity index (χ4n) is 1.90. The lowest BCUT2D eigenvalue weighted by atomic mass is 10.0. The SMILES string of the molecule is CCC(CC)CNS(=O)(=O)c1ccccc1C#CCCO. The molecule has 0 heterocycles. The monoisotopic (exact) mass is 309 g/mol. The predicted octanol–water partition coefficient (Wildman–Crippen LogP) is 2.14. The molecule has 0 fully saturated rings. The van der Waals surface area contributed by atoms with Gasteiger partial charge >= 0.3 is 0 Å². The number of aliphatic hydroxyl groups excluding tert-OH is 1. The fraction of sp³-hybridized carbons (Fsp3) is 0.500. The normalized spacial score (nSPS) is 11.2. The van der Waals surface area contributed by atoms with E-state index < -0.39 is 10.0 Å². The molecule has 1 rings (SSSR count). The van der Waals surface area contributed by atoms with Crippen molar-refractivity contribution in [2.24, 2.45) is 5.92 Å². The lowest BCUT2D eigenvalue weighted by molar-refractivity contribution is 0.305. The summed E-state index contributed by atoms with van der Waals surface area (Å²) in [5.74, 6) is 5.91. The van der Waals surface area contributed by atoms with Crippen molar-refractivity contribution in [3.8, 4) is 11.8 Å². The molecule has 5 heteroatoms. The molecule has 0 saturated carbocycles. The maximum absolute atomic E-state index is 12.4. The molecule has 0 amide bonds. The smallest absolute Gasteiger partial charge is 0.241 e. The number of hydrogen-bond acceptors (Lipinski definition) is 3. The van der Waals surface area contributed by atoms with Crippen LogP contribution in [0.5, 0.6) is 0 Å². The average molecular weight is 309 g/mol. The van der Waals surface area contributed by atoms with Gasteiger partial charge in [-0.25, -0.2) is 13.1 Å². The van der Waals surface area contributed by atoms with E-state index >= 15 is 0 Å². The molecule has 21 heavy (non-hydrogen) atoms. The molecule has 0 saturated heterocycles. The van der Waals surface area contributed by atoms with E-state index in [-0.39, 0.29) is 11.5 Å². The third-order valence-electron chi connectivity index (χ3n) is 3.35. The van der Waals surface area contributed by atoms with Crippen molar-refractivity contribution in [1.29, 1.82) is 0 Å². The van der Waals surface area contributed by atoms with E-state index in [2.05, 4.69) is 30.4 Å². The van der Waals surface area contributed by atoms with Gasteiger partial charge in [0.1, 0.15) is 0 Å². The number of sulfonamides is 1. The van der Waals surface area contributed by atoms with Gasteiger partial charge in [-0.15, -0.1) is 0 Å². The van der Waals surface area contributed by atoms with Crippen molar-refractivity contribution in [3.05, 3.63) is 29.8 Å².